The van der Waals surface area contributed by atoms with Gasteiger partial charge in [-0.05, 0) is 54.3 Å². The predicted molar refractivity (Wildman–Crippen MR) is 98.3 cm³/mol. The maximum Gasteiger partial charge on any atom is 0.344 e. The van der Waals surface area contributed by atoms with Crippen molar-refractivity contribution in [1.82, 2.24) is 0 Å². The van der Waals surface area contributed by atoms with Gasteiger partial charge in [-0.15, -0.1) is 0 Å². The number of hydrogen-bond donors (Lipinski definition) is 1. The van der Waals surface area contributed by atoms with Gasteiger partial charge < -0.3 is 14.3 Å². The predicted octanol–water partition coefficient (Wildman–Crippen LogP) is 4.72. The summed E-state index contributed by atoms with van der Waals surface area (Å²) in [6.45, 7) is 2.52. The van der Waals surface area contributed by atoms with Gasteiger partial charge >= 0.3 is 5.63 Å². The van der Waals surface area contributed by atoms with Crippen LogP contribution in [0.2, 0.25) is 0 Å². The van der Waals surface area contributed by atoms with E-state index in [-0.39, 0.29) is 5.75 Å². The monoisotopic (exact) mass is 332 g/mol. The molecule has 1 heterocycles. The van der Waals surface area contributed by atoms with Crippen molar-refractivity contribution in [3.05, 3.63) is 71.1 Å². The summed E-state index contributed by atoms with van der Waals surface area (Å²) >= 11 is 0. The Morgan fingerprint density at radius 3 is 2.48 bits per heavy atom. The van der Waals surface area contributed by atoms with Crippen LogP contribution in [0.1, 0.15) is 6.92 Å². The minimum absolute atomic E-state index is 0.181. The maximum atomic E-state index is 12.5. The van der Waals surface area contributed by atoms with Gasteiger partial charge in [-0.1, -0.05) is 24.3 Å². The summed E-state index contributed by atoms with van der Waals surface area (Å²) in [4.78, 5) is 12.5. The second-order valence-electron chi connectivity index (χ2n) is 5.79. The highest BCUT2D eigenvalue weighted by Gasteiger charge is 2.11. The van der Waals surface area contributed by atoms with Crippen molar-refractivity contribution in [1.29, 1.82) is 0 Å². The first-order valence-electron chi connectivity index (χ1n) is 8.08. The van der Waals surface area contributed by atoms with Gasteiger partial charge in [0.25, 0.3) is 0 Å². The van der Waals surface area contributed by atoms with E-state index in [1.54, 1.807) is 18.2 Å². The van der Waals surface area contributed by atoms with E-state index in [2.05, 4.69) is 0 Å². The summed E-state index contributed by atoms with van der Waals surface area (Å²) in [6.07, 6.45) is 0. The number of hydrogen-bond acceptors (Lipinski definition) is 4. The van der Waals surface area contributed by atoms with Crippen LogP contribution < -0.4 is 10.4 Å². The van der Waals surface area contributed by atoms with E-state index in [9.17, 15) is 9.90 Å². The quantitative estimate of drug-likeness (QED) is 0.436. The molecule has 4 rings (SSSR count). The molecule has 4 nitrogen and oxygen atoms in total. The Morgan fingerprint density at radius 1 is 0.960 bits per heavy atom. The molecule has 0 unspecified atom stereocenters. The fraction of sp³-hybridized carbons (Fsp3) is 0.0952. The van der Waals surface area contributed by atoms with Crippen molar-refractivity contribution in [2.75, 3.05) is 6.61 Å². The van der Waals surface area contributed by atoms with Crippen LogP contribution in [0.15, 0.2) is 69.9 Å². The van der Waals surface area contributed by atoms with Gasteiger partial charge in [0, 0.05) is 10.8 Å². The number of phenolic OH excluding ortho intramolecular Hbond substituents is 1. The van der Waals surface area contributed by atoms with E-state index in [1.165, 1.54) is 0 Å². The molecular formula is C21H16O4. The molecule has 0 aliphatic carbocycles. The Balaban J connectivity index is 1.88. The summed E-state index contributed by atoms with van der Waals surface area (Å²) in [5, 5.41) is 12.1. The molecule has 25 heavy (non-hydrogen) atoms. The zero-order chi connectivity index (χ0) is 17.4. The highest BCUT2D eigenvalue weighted by atomic mass is 16.5. The third-order valence-electron chi connectivity index (χ3n) is 4.18. The Bertz CT molecular complexity index is 1120. The number of ether oxygens (including phenoxy) is 1. The van der Waals surface area contributed by atoms with Crippen molar-refractivity contribution < 1.29 is 14.3 Å². The molecule has 1 N–H and O–H groups in total. The molecule has 0 radical (unpaired) electrons. The standard InChI is InChI=1S/C21H16O4/c1-2-24-17-8-5-13(6-9-17)19-12-15-4-3-14-11-16(22)7-10-18(14)20(15)25-21(19)23/h3-12,22H,2H2,1H3. The SMILES string of the molecule is CCOc1ccc(-c2cc3ccc4cc(O)ccc4c3oc2=O)cc1. The highest BCUT2D eigenvalue weighted by Crippen LogP contribution is 2.29. The second kappa shape index (κ2) is 5.98. The molecular weight excluding hydrogens is 316 g/mol. The molecule has 0 aliphatic heterocycles. The first-order valence-corrected chi connectivity index (χ1v) is 8.08. The normalized spacial score (nSPS) is 11.1. The van der Waals surface area contributed by atoms with Crippen LogP contribution in [0.5, 0.6) is 11.5 Å². The van der Waals surface area contributed by atoms with Crippen LogP contribution in [-0.4, -0.2) is 11.7 Å². The average Bonchev–Trinajstić information content (AvgIpc) is 2.62. The van der Waals surface area contributed by atoms with Crippen LogP contribution in [0.3, 0.4) is 0 Å². The van der Waals surface area contributed by atoms with Gasteiger partial charge in [0.1, 0.15) is 17.1 Å². The van der Waals surface area contributed by atoms with E-state index >= 15 is 0 Å². The van der Waals surface area contributed by atoms with Gasteiger partial charge in [-0.3, -0.25) is 0 Å². The summed E-state index contributed by atoms with van der Waals surface area (Å²) in [5.41, 5.74) is 1.42. The lowest BCUT2D eigenvalue weighted by Crippen LogP contribution is -2.03. The van der Waals surface area contributed by atoms with Gasteiger partial charge in [0.05, 0.1) is 12.2 Å². The molecule has 0 aliphatic rings. The molecule has 0 saturated carbocycles. The molecule has 0 atom stereocenters. The van der Waals surface area contributed by atoms with Crippen molar-refractivity contribution in [2.24, 2.45) is 0 Å². The molecule has 4 aromatic rings. The van der Waals surface area contributed by atoms with Crippen LogP contribution in [-0.2, 0) is 0 Å². The van der Waals surface area contributed by atoms with Crippen LogP contribution in [0.4, 0.5) is 0 Å². The topological polar surface area (TPSA) is 59.7 Å². The first-order chi connectivity index (χ1) is 12.2. The molecule has 1 aromatic heterocycles. The van der Waals surface area contributed by atoms with E-state index in [0.717, 1.165) is 27.5 Å². The lowest BCUT2D eigenvalue weighted by atomic mass is 10.0. The van der Waals surface area contributed by atoms with Crippen molar-refractivity contribution in [3.8, 4) is 22.6 Å². The fourth-order valence-corrected chi connectivity index (χ4v) is 2.99. The van der Waals surface area contributed by atoms with Crippen LogP contribution in [0.25, 0.3) is 32.9 Å². The maximum absolute atomic E-state index is 12.5. The fourth-order valence-electron chi connectivity index (χ4n) is 2.99. The lowest BCUT2D eigenvalue weighted by Gasteiger charge is -2.07. The Labute approximate surface area is 143 Å². The largest absolute Gasteiger partial charge is 0.508 e. The number of phenols is 1. The molecule has 4 heteroatoms. The zero-order valence-electron chi connectivity index (χ0n) is 13.7. The van der Waals surface area contributed by atoms with Gasteiger partial charge in [-0.2, -0.15) is 0 Å². The number of fused-ring (bicyclic) bond motifs is 3. The van der Waals surface area contributed by atoms with Crippen molar-refractivity contribution in [2.45, 2.75) is 6.92 Å². The Morgan fingerprint density at radius 2 is 1.72 bits per heavy atom. The molecule has 0 fully saturated rings. The smallest absolute Gasteiger partial charge is 0.344 e. The zero-order valence-corrected chi connectivity index (χ0v) is 13.7. The van der Waals surface area contributed by atoms with Crippen LogP contribution in [0, 0.1) is 0 Å². The number of benzene rings is 3. The van der Waals surface area contributed by atoms with Crippen LogP contribution >= 0.6 is 0 Å². The van der Waals surface area contributed by atoms with Gasteiger partial charge in [0.15, 0.2) is 0 Å². The molecule has 124 valence electrons. The van der Waals surface area contributed by atoms with E-state index in [4.69, 9.17) is 9.15 Å². The van der Waals surface area contributed by atoms with E-state index in [0.29, 0.717) is 17.8 Å². The Kier molecular flexibility index (Phi) is 3.65. The van der Waals surface area contributed by atoms with E-state index < -0.39 is 5.63 Å². The number of aromatic hydroxyl groups is 1. The van der Waals surface area contributed by atoms with E-state index in [1.807, 2.05) is 49.4 Å². The summed E-state index contributed by atoms with van der Waals surface area (Å²) in [6, 6.07) is 18.0. The van der Waals surface area contributed by atoms with Gasteiger partial charge in [-0.25, -0.2) is 4.79 Å². The molecule has 3 aromatic carbocycles. The summed E-state index contributed by atoms with van der Waals surface area (Å²) in [7, 11) is 0. The summed E-state index contributed by atoms with van der Waals surface area (Å²) < 4.78 is 11.0. The minimum Gasteiger partial charge on any atom is -0.508 e. The third-order valence-corrected chi connectivity index (χ3v) is 4.18. The first kappa shape index (κ1) is 15.3. The van der Waals surface area contributed by atoms with Gasteiger partial charge in [0.2, 0.25) is 0 Å². The number of rotatable bonds is 3. The van der Waals surface area contributed by atoms with Crippen molar-refractivity contribution in [3.63, 3.8) is 0 Å². The molecule has 0 saturated heterocycles. The molecule has 0 amide bonds. The molecule has 0 bridgehead atoms. The highest BCUT2D eigenvalue weighted by molar-refractivity contribution is 6.05. The Hall–Kier alpha value is -3.27. The summed E-state index contributed by atoms with van der Waals surface area (Å²) in [5.74, 6) is 0.947. The third kappa shape index (κ3) is 2.72. The minimum atomic E-state index is -0.391. The lowest BCUT2D eigenvalue weighted by molar-refractivity contribution is 0.340. The molecule has 0 spiro atoms. The average molecular weight is 332 g/mol. The van der Waals surface area contributed by atoms with Crippen molar-refractivity contribution >= 4 is 21.7 Å². The second-order valence-corrected chi connectivity index (χ2v) is 5.79.